The van der Waals surface area contributed by atoms with E-state index in [0.717, 1.165) is 35.6 Å². The van der Waals surface area contributed by atoms with E-state index in [9.17, 15) is 0 Å². The average molecular weight is 635 g/mol. The molecule has 5 heteroatoms. The second-order valence-corrected chi connectivity index (χ2v) is 13.5. The molecule has 0 saturated carbocycles. The second-order valence-electron chi connectivity index (χ2n) is 8.55. The summed E-state index contributed by atoms with van der Waals surface area (Å²) in [5, 5.41) is 2.49. The summed E-state index contributed by atoms with van der Waals surface area (Å²) in [6.45, 7) is 8.68. The zero-order valence-electron chi connectivity index (χ0n) is 20.3. The molecule has 0 heterocycles. The van der Waals surface area contributed by atoms with Crippen molar-refractivity contribution in [2.45, 2.75) is 40.5 Å². The number of rotatable bonds is 4. The number of nitrogens with zero attached hydrogens (tertiary/aromatic N) is 2. The van der Waals surface area contributed by atoms with Crippen molar-refractivity contribution in [2.24, 2.45) is 9.98 Å². The molecular formula is C30H28Br2N2Ni. The fourth-order valence-electron chi connectivity index (χ4n) is 4.77. The standard InChI is InChI=1S/C30H28N2.2BrH.Ni/c1-5-21-13-7-11-19(3)27(21)31-29-24-17-9-15-23-16-10-18-25(26(23)24)30(29)32-28-20(4)12-8-14-22(28)6-2;;;/h7-18H,5-6H2,1-4H3;2*1H;/q;;;+2/p-2. The minimum absolute atomic E-state index is 0.954. The van der Waals surface area contributed by atoms with Crippen molar-refractivity contribution < 1.29 is 10.9 Å². The number of aliphatic imine (C=N–C) groups is 2. The maximum atomic E-state index is 5.32. The third kappa shape index (κ3) is 5.23. The molecule has 0 amide bonds. The van der Waals surface area contributed by atoms with Gasteiger partial charge in [0.2, 0.25) is 0 Å². The van der Waals surface area contributed by atoms with Gasteiger partial charge in [-0.2, -0.15) is 0 Å². The monoisotopic (exact) mass is 632 g/mol. The molecule has 4 aromatic rings. The van der Waals surface area contributed by atoms with Crippen molar-refractivity contribution in [3.8, 4) is 0 Å². The van der Waals surface area contributed by atoms with Gasteiger partial charge in [-0.3, -0.25) is 0 Å². The van der Waals surface area contributed by atoms with Crippen LogP contribution < -0.4 is 0 Å². The number of hydrogen-bond acceptors (Lipinski definition) is 2. The van der Waals surface area contributed by atoms with Gasteiger partial charge in [-0.15, -0.1) is 0 Å². The summed E-state index contributed by atoms with van der Waals surface area (Å²) >= 11 is 6.00. The molecule has 1 aliphatic carbocycles. The van der Waals surface area contributed by atoms with E-state index >= 15 is 0 Å². The molecule has 0 aromatic heterocycles. The van der Waals surface area contributed by atoms with E-state index in [1.54, 1.807) is 0 Å². The van der Waals surface area contributed by atoms with Gasteiger partial charge in [0.05, 0.1) is 22.8 Å². The van der Waals surface area contributed by atoms with Crippen molar-refractivity contribution in [3.05, 3.63) is 106 Å². The molecule has 0 N–H and O–H groups in total. The van der Waals surface area contributed by atoms with E-state index in [-0.39, 0.29) is 0 Å². The Hall–Kier alpha value is -2.07. The molecule has 4 aromatic carbocycles. The van der Waals surface area contributed by atoms with Gasteiger partial charge in [-0.25, -0.2) is 9.98 Å². The van der Waals surface area contributed by atoms with Crippen LogP contribution in [-0.2, 0) is 23.7 Å². The van der Waals surface area contributed by atoms with Gasteiger partial charge in [0, 0.05) is 16.5 Å². The van der Waals surface area contributed by atoms with Crippen LogP contribution in [0.3, 0.4) is 0 Å². The van der Waals surface area contributed by atoms with E-state index in [2.05, 4.69) is 129 Å². The van der Waals surface area contributed by atoms with Crippen LogP contribution in [0.15, 0.2) is 82.8 Å². The first-order valence-electron chi connectivity index (χ1n) is 11.7. The topological polar surface area (TPSA) is 24.7 Å². The van der Waals surface area contributed by atoms with E-state index in [0.29, 0.717) is 0 Å². The molecule has 2 nitrogen and oxygen atoms in total. The Morgan fingerprint density at radius 2 is 1.03 bits per heavy atom. The summed E-state index contributed by atoms with van der Waals surface area (Å²) in [5.74, 6) is 0. The van der Waals surface area contributed by atoms with E-state index in [1.807, 2.05) is 0 Å². The molecule has 0 aliphatic heterocycles. The Bertz CT molecular complexity index is 1340. The summed E-state index contributed by atoms with van der Waals surface area (Å²) in [4.78, 5) is 10.6. The van der Waals surface area contributed by atoms with E-state index in [1.165, 1.54) is 55.1 Å². The SMILES string of the molecule is CCc1cccc(C)c1N=C1C(=Nc2c(C)cccc2CC)c2cccc3cccc1c23.[Br][Ni][Br]. The summed E-state index contributed by atoms with van der Waals surface area (Å²) in [7, 11) is 1.25. The van der Waals surface area contributed by atoms with Gasteiger partial charge in [0.15, 0.2) is 0 Å². The van der Waals surface area contributed by atoms with Crippen LogP contribution in [0.1, 0.15) is 47.2 Å². The van der Waals surface area contributed by atoms with Gasteiger partial charge in [0.1, 0.15) is 0 Å². The predicted molar refractivity (Wildman–Crippen MR) is 155 cm³/mol. The molecule has 182 valence electrons. The zero-order valence-corrected chi connectivity index (χ0v) is 24.5. The van der Waals surface area contributed by atoms with Gasteiger partial charge in [-0.05, 0) is 54.3 Å². The summed E-state index contributed by atoms with van der Waals surface area (Å²) < 4.78 is 0. The van der Waals surface area contributed by atoms with Gasteiger partial charge < -0.3 is 0 Å². The molecule has 0 fully saturated rings. The molecular weight excluding hydrogens is 607 g/mol. The zero-order chi connectivity index (χ0) is 24.9. The molecule has 1 aliphatic rings. The molecule has 0 radical (unpaired) electrons. The van der Waals surface area contributed by atoms with Crippen LogP contribution in [-0.4, -0.2) is 11.4 Å². The Kier molecular flexibility index (Phi) is 8.75. The van der Waals surface area contributed by atoms with E-state index < -0.39 is 0 Å². The molecule has 0 saturated heterocycles. The van der Waals surface area contributed by atoms with Crippen LogP contribution in [0.2, 0.25) is 0 Å². The summed E-state index contributed by atoms with van der Waals surface area (Å²) in [5.41, 5.74) is 11.4. The summed E-state index contributed by atoms with van der Waals surface area (Å²) in [6.07, 6.45) is 1.91. The van der Waals surface area contributed by atoms with Crippen LogP contribution in [0.4, 0.5) is 11.4 Å². The number of benzene rings is 4. The quantitative estimate of drug-likeness (QED) is 0.200. The van der Waals surface area contributed by atoms with Crippen LogP contribution >= 0.6 is 28.5 Å². The second kappa shape index (κ2) is 11.8. The third-order valence-corrected chi connectivity index (χ3v) is 6.49. The van der Waals surface area contributed by atoms with Crippen molar-refractivity contribution >= 4 is 62.0 Å². The number of halogens is 2. The van der Waals surface area contributed by atoms with E-state index in [4.69, 9.17) is 9.98 Å². The fourth-order valence-corrected chi connectivity index (χ4v) is 4.77. The first kappa shape index (κ1) is 26.0. The van der Waals surface area contributed by atoms with Gasteiger partial charge >= 0.3 is 39.3 Å². The Balaban J connectivity index is 0.000000917. The fraction of sp³-hybridized carbons (Fsp3) is 0.200. The molecule has 0 bridgehead atoms. The third-order valence-electron chi connectivity index (χ3n) is 6.49. The Morgan fingerprint density at radius 3 is 1.43 bits per heavy atom. The van der Waals surface area contributed by atoms with Gasteiger partial charge in [-0.1, -0.05) is 86.6 Å². The van der Waals surface area contributed by atoms with Crippen LogP contribution in [0.5, 0.6) is 0 Å². The van der Waals surface area contributed by atoms with Crippen LogP contribution in [0, 0.1) is 13.8 Å². The maximum absolute atomic E-state index is 5.32. The normalized spacial score (nSPS) is 14.6. The van der Waals surface area contributed by atoms with Crippen LogP contribution in [0.25, 0.3) is 10.8 Å². The van der Waals surface area contributed by atoms with Crippen molar-refractivity contribution in [3.63, 3.8) is 0 Å². The minimum atomic E-state index is 0.954. The molecule has 5 rings (SSSR count). The molecule has 0 unspecified atom stereocenters. The van der Waals surface area contributed by atoms with Crippen molar-refractivity contribution in [2.75, 3.05) is 0 Å². The first-order valence-corrected chi connectivity index (χ1v) is 16.6. The number of aryl methyl sites for hydroxylation is 4. The van der Waals surface area contributed by atoms with Gasteiger partial charge in [0.25, 0.3) is 0 Å². The number of hydrogen-bond donors (Lipinski definition) is 0. The predicted octanol–water partition coefficient (Wildman–Crippen LogP) is 9.53. The molecule has 0 spiro atoms. The Labute approximate surface area is 228 Å². The molecule has 0 atom stereocenters. The van der Waals surface area contributed by atoms with Crippen molar-refractivity contribution in [1.29, 1.82) is 0 Å². The summed E-state index contributed by atoms with van der Waals surface area (Å²) in [6, 6.07) is 25.9. The average Bonchev–Trinajstić information content (AvgIpc) is 3.16. The molecule has 35 heavy (non-hydrogen) atoms. The first-order chi connectivity index (χ1) is 17.0. The number of para-hydroxylation sites is 2. The van der Waals surface area contributed by atoms with Crippen molar-refractivity contribution in [1.82, 2.24) is 0 Å². The Morgan fingerprint density at radius 1 is 0.629 bits per heavy atom.